The average Bonchev–Trinajstić information content (AvgIpc) is 3.13. The van der Waals surface area contributed by atoms with E-state index in [2.05, 4.69) is 11.0 Å². The van der Waals surface area contributed by atoms with Gasteiger partial charge in [0.25, 0.3) is 0 Å². The number of methoxy groups -OCH3 is 1. The van der Waals surface area contributed by atoms with Crippen LogP contribution in [0.5, 0.6) is 11.5 Å². The molecule has 0 spiro atoms. The summed E-state index contributed by atoms with van der Waals surface area (Å²) < 4.78 is 10.9. The van der Waals surface area contributed by atoms with Gasteiger partial charge in [-0.05, 0) is 25.0 Å². The zero-order chi connectivity index (χ0) is 13.2. The van der Waals surface area contributed by atoms with Crippen LogP contribution in [0.4, 0.5) is 0 Å². The molecule has 2 fully saturated rings. The lowest BCUT2D eigenvalue weighted by atomic mass is 9.93. The summed E-state index contributed by atoms with van der Waals surface area (Å²) in [5, 5.41) is 9.02. The molecule has 2 aliphatic rings. The average molecular weight is 258 g/mol. The summed E-state index contributed by atoms with van der Waals surface area (Å²) in [6, 6.07) is 8.88. The van der Waals surface area contributed by atoms with Crippen LogP contribution in [0.2, 0.25) is 0 Å². The summed E-state index contributed by atoms with van der Waals surface area (Å²) in [4.78, 5) is 2.51. The van der Waals surface area contributed by atoms with Crippen molar-refractivity contribution in [1.82, 2.24) is 4.90 Å². The molecule has 3 rings (SSSR count). The molecule has 0 N–H and O–H groups in total. The molecule has 0 aromatic heterocycles. The SMILES string of the molecule is COc1ccc(OCC2CN2C2CCC2)cc1C#N. The molecular formula is C15H18N2O2. The highest BCUT2D eigenvalue weighted by Gasteiger charge is 2.42. The highest BCUT2D eigenvalue weighted by molar-refractivity contribution is 5.47. The van der Waals surface area contributed by atoms with Crippen LogP contribution < -0.4 is 9.47 Å². The molecule has 100 valence electrons. The molecule has 1 aromatic rings. The van der Waals surface area contributed by atoms with E-state index in [0.717, 1.165) is 18.3 Å². The van der Waals surface area contributed by atoms with Crippen LogP contribution in [0.3, 0.4) is 0 Å². The second kappa shape index (κ2) is 5.10. The van der Waals surface area contributed by atoms with Gasteiger partial charge in [-0.3, -0.25) is 4.90 Å². The molecule has 0 radical (unpaired) electrons. The van der Waals surface area contributed by atoms with E-state index in [0.29, 0.717) is 24.0 Å². The molecular weight excluding hydrogens is 240 g/mol. The summed E-state index contributed by atoms with van der Waals surface area (Å²) in [6.07, 6.45) is 4.06. The van der Waals surface area contributed by atoms with Crippen LogP contribution >= 0.6 is 0 Å². The molecule has 2 unspecified atom stereocenters. The maximum absolute atomic E-state index is 9.02. The van der Waals surface area contributed by atoms with Crippen molar-refractivity contribution in [2.45, 2.75) is 31.3 Å². The number of nitrogens with zero attached hydrogens (tertiary/aromatic N) is 2. The molecule has 1 saturated carbocycles. The third-order valence-electron chi connectivity index (χ3n) is 4.03. The predicted molar refractivity (Wildman–Crippen MR) is 71.3 cm³/mol. The first kappa shape index (κ1) is 12.3. The summed E-state index contributed by atoms with van der Waals surface area (Å²) in [5.74, 6) is 1.34. The maximum Gasteiger partial charge on any atom is 0.136 e. The van der Waals surface area contributed by atoms with E-state index in [1.807, 2.05) is 6.07 Å². The Morgan fingerprint density at radius 2 is 2.26 bits per heavy atom. The van der Waals surface area contributed by atoms with E-state index in [4.69, 9.17) is 14.7 Å². The third-order valence-corrected chi connectivity index (χ3v) is 4.03. The molecule has 1 aromatic carbocycles. The number of nitriles is 1. The molecule has 2 atom stereocenters. The van der Waals surface area contributed by atoms with Crippen molar-refractivity contribution >= 4 is 0 Å². The van der Waals surface area contributed by atoms with Crippen molar-refractivity contribution in [2.24, 2.45) is 0 Å². The Balaban J connectivity index is 1.54. The molecule has 0 amide bonds. The fourth-order valence-electron chi connectivity index (χ4n) is 2.57. The zero-order valence-electron chi connectivity index (χ0n) is 11.1. The Kier molecular flexibility index (Phi) is 3.31. The number of hydrogen-bond donors (Lipinski definition) is 0. The molecule has 1 aliphatic carbocycles. The number of rotatable bonds is 5. The number of hydrogen-bond acceptors (Lipinski definition) is 4. The second-order valence-corrected chi connectivity index (χ2v) is 5.22. The minimum absolute atomic E-state index is 0.520. The van der Waals surface area contributed by atoms with Gasteiger partial charge in [-0.15, -0.1) is 0 Å². The minimum atomic E-state index is 0.520. The molecule has 4 heteroatoms. The van der Waals surface area contributed by atoms with Crippen LogP contribution in [0, 0.1) is 11.3 Å². The Labute approximate surface area is 113 Å². The van der Waals surface area contributed by atoms with E-state index in [9.17, 15) is 0 Å². The summed E-state index contributed by atoms with van der Waals surface area (Å²) in [5.41, 5.74) is 0.520. The van der Waals surface area contributed by atoms with Gasteiger partial charge in [0.1, 0.15) is 24.2 Å². The van der Waals surface area contributed by atoms with Crippen molar-refractivity contribution in [3.8, 4) is 17.6 Å². The van der Waals surface area contributed by atoms with Crippen molar-refractivity contribution in [2.75, 3.05) is 20.3 Å². The van der Waals surface area contributed by atoms with E-state index in [1.165, 1.54) is 19.3 Å². The predicted octanol–water partition coefficient (Wildman–Crippen LogP) is 2.18. The van der Waals surface area contributed by atoms with Crippen molar-refractivity contribution in [3.63, 3.8) is 0 Å². The lowest BCUT2D eigenvalue weighted by Crippen LogP contribution is -2.29. The van der Waals surface area contributed by atoms with Gasteiger partial charge in [0.15, 0.2) is 0 Å². The molecule has 19 heavy (non-hydrogen) atoms. The van der Waals surface area contributed by atoms with Gasteiger partial charge in [0, 0.05) is 18.7 Å². The first-order chi connectivity index (χ1) is 9.31. The first-order valence-electron chi connectivity index (χ1n) is 6.78. The lowest BCUT2D eigenvalue weighted by molar-refractivity contribution is 0.215. The molecule has 4 nitrogen and oxygen atoms in total. The Hall–Kier alpha value is -1.73. The van der Waals surface area contributed by atoms with E-state index in [-0.39, 0.29) is 0 Å². The normalized spacial score (nSPS) is 25.3. The molecule has 0 bridgehead atoms. The van der Waals surface area contributed by atoms with Gasteiger partial charge >= 0.3 is 0 Å². The quantitative estimate of drug-likeness (QED) is 0.759. The van der Waals surface area contributed by atoms with Gasteiger partial charge in [-0.25, -0.2) is 0 Å². The number of benzene rings is 1. The minimum Gasteiger partial charge on any atom is -0.495 e. The monoisotopic (exact) mass is 258 g/mol. The van der Waals surface area contributed by atoms with Crippen LogP contribution in [0.15, 0.2) is 18.2 Å². The fourth-order valence-corrected chi connectivity index (χ4v) is 2.57. The second-order valence-electron chi connectivity index (χ2n) is 5.22. The van der Waals surface area contributed by atoms with Crippen molar-refractivity contribution < 1.29 is 9.47 Å². The van der Waals surface area contributed by atoms with Gasteiger partial charge in [0.05, 0.1) is 18.7 Å². The Morgan fingerprint density at radius 1 is 1.42 bits per heavy atom. The van der Waals surface area contributed by atoms with E-state index < -0.39 is 0 Å². The van der Waals surface area contributed by atoms with Crippen molar-refractivity contribution in [1.29, 1.82) is 5.26 Å². The fraction of sp³-hybridized carbons (Fsp3) is 0.533. The zero-order valence-corrected chi connectivity index (χ0v) is 11.1. The van der Waals surface area contributed by atoms with Crippen molar-refractivity contribution in [3.05, 3.63) is 23.8 Å². The Bertz CT molecular complexity index is 505. The van der Waals surface area contributed by atoms with Gasteiger partial charge in [0.2, 0.25) is 0 Å². The maximum atomic E-state index is 9.02. The first-order valence-corrected chi connectivity index (χ1v) is 6.78. The molecule has 1 saturated heterocycles. The largest absolute Gasteiger partial charge is 0.495 e. The van der Waals surface area contributed by atoms with Crippen LogP contribution in [-0.2, 0) is 0 Å². The van der Waals surface area contributed by atoms with Gasteiger partial charge in [-0.2, -0.15) is 5.26 Å². The standard InChI is InChI=1S/C15H18N2O2/c1-18-15-6-5-14(7-11(15)8-16)19-10-13-9-17(13)12-3-2-4-12/h5-7,12-13H,2-4,9-10H2,1H3. The summed E-state index contributed by atoms with van der Waals surface area (Å²) >= 11 is 0. The lowest BCUT2D eigenvalue weighted by Gasteiger charge is -2.27. The highest BCUT2D eigenvalue weighted by Crippen LogP contribution is 2.34. The smallest absolute Gasteiger partial charge is 0.136 e. The van der Waals surface area contributed by atoms with Gasteiger partial charge < -0.3 is 9.47 Å². The topological polar surface area (TPSA) is 45.3 Å². The third kappa shape index (κ3) is 2.52. The highest BCUT2D eigenvalue weighted by atomic mass is 16.5. The van der Waals surface area contributed by atoms with E-state index in [1.54, 1.807) is 19.2 Å². The van der Waals surface area contributed by atoms with Crippen LogP contribution in [0.25, 0.3) is 0 Å². The molecule has 1 heterocycles. The summed E-state index contributed by atoms with van der Waals surface area (Å²) in [7, 11) is 1.57. The number of ether oxygens (including phenoxy) is 2. The Morgan fingerprint density at radius 3 is 2.89 bits per heavy atom. The van der Waals surface area contributed by atoms with E-state index >= 15 is 0 Å². The van der Waals surface area contributed by atoms with Crippen LogP contribution in [0.1, 0.15) is 24.8 Å². The van der Waals surface area contributed by atoms with Gasteiger partial charge in [-0.1, -0.05) is 6.42 Å². The summed E-state index contributed by atoms with van der Waals surface area (Å²) in [6.45, 7) is 1.87. The molecule has 1 aliphatic heterocycles. The van der Waals surface area contributed by atoms with Crippen LogP contribution in [-0.4, -0.2) is 37.2 Å².